The molecule has 52 heavy (non-hydrogen) atoms. The predicted octanol–water partition coefficient (Wildman–Crippen LogP) is 14.4. The van der Waals surface area contributed by atoms with Crippen LogP contribution in [0, 0.1) is 41.5 Å². The maximum atomic E-state index is 7.38. The van der Waals surface area contributed by atoms with Crippen molar-refractivity contribution in [3.63, 3.8) is 0 Å². The molecule has 0 amide bonds. The van der Waals surface area contributed by atoms with Gasteiger partial charge in [0.1, 0.15) is 0 Å². The molecule has 4 heteroatoms. The number of hydrogen-bond acceptors (Lipinski definition) is 3. The van der Waals surface area contributed by atoms with Crippen molar-refractivity contribution in [1.82, 2.24) is 0 Å². The van der Waals surface area contributed by atoms with Crippen LogP contribution in [-0.4, -0.2) is 6.16 Å². The lowest BCUT2D eigenvalue weighted by Gasteiger charge is -2.29. The summed E-state index contributed by atoms with van der Waals surface area (Å²) < 4.78 is 22.1. The van der Waals surface area contributed by atoms with E-state index in [9.17, 15) is 0 Å². The normalized spacial score (nSPS) is 17.4. The van der Waals surface area contributed by atoms with Gasteiger partial charge in [-0.05, 0) is 162 Å². The van der Waals surface area contributed by atoms with Crippen LogP contribution in [0.3, 0.4) is 0 Å². The molecule has 0 saturated carbocycles. The minimum atomic E-state index is -3.06. The van der Waals surface area contributed by atoms with Crippen LogP contribution in [0.25, 0.3) is 43.8 Å². The third kappa shape index (κ3) is 5.50. The van der Waals surface area contributed by atoms with E-state index in [4.69, 9.17) is 13.6 Å². The summed E-state index contributed by atoms with van der Waals surface area (Å²) in [6, 6.07) is 27.4. The molecule has 3 nitrogen and oxygen atoms in total. The SMILES string of the molecule is CCC(C)c1ccc2c3c(ccc2c1)O[P+]1(CCc2cc(C)c(C)c(C)c2-c2c(cc(C)c(C)c2C)O1)Oc1ccc2cc(C(C)CC)ccc2c1-3. The summed E-state index contributed by atoms with van der Waals surface area (Å²) in [6.45, 7) is 22.5. The minimum Gasteiger partial charge on any atom is -0.271 e. The van der Waals surface area contributed by atoms with Crippen molar-refractivity contribution in [3.05, 3.63) is 123 Å². The van der Waals surface area contributed by atoms with Gasteiger partial charge in [0.25, 0.3) is 0 Å². The number of fused-ring (bicyclic) bond motifs is 10. The molecule has 266 valence electrons. The van der Waals surface area contributed by atoms with E-state index in [2.05, 4.69) is 142 Å². The van der Waals surface area contributed by atoms with Gasteiger partial charge >= 0.3 is 7.94 Å². The highest BCUT2D eigenvalue weighted by atomic mass is 31.2. The quantitative estimate of drug-likeness (QED) is 0.171. The topological polar surface area (TPSA) is 27.7 Å². The number of benzene rings is 6. The summed E-state index contributed by atoms with van der Waals surface area (Å²) in [6.07, 6.45) is 3.62. The Morgan fingerprint density at radius 3 is 1.52 bits per heavy atom. The fourth-order valence-corrected chi connectivity index (χ4v) is 10.7. The first-order chi connectivity index (χ1) is 24.9. The van der Waals surface area contributed by atoms with E-state index < -0.39 is 7.94 Å². The van der Waals surface area contributed by atoms with Crippen molar-refractivity contribution < 1.29 is 13.6 Å². The van der Waals surface area contributed by atoms with Crippen molar-refractivity contribution in [1.29, 1.82) is 0 Å². The first kappa shape index (κ1) is 34.7. The lowest BCUT2D eigenvalue weighted by atomic mass is 9.84. The van der Waals surface area contributed by atoms with Gasteiger partial charge in [-0.15, -0.1) is 0 Å². The molecule has 2 unspecified atom stereocenters. The Balaban J connectivity index is 1.40. The predicted molar refractivity (Wildman–Crippen MR) is 222 cm³/mol. The molecule has 6 aromatic rings. The van der Waals surface area contributed by atoms with E-state index >= 15 is 0 Å². The van der Waals surface area contributed by atoms with Crippen molar-refractivity contribution >= 4 is 29.5 Å². The van der Waals surface area contributed by atoms with Gasteiger partial charge in [0.15, 0.2) is 23.4 Å². The van der Waals surface area contributed by atoms with E-state index in [0.717, 1.165) is 47.6 Å². The number of rotatable bonds is 4. The Hall–Kier alpha value is -4.33. The van der Waals surface area contributed by atoms with Gasteiger partial charge in [-0.1, -0.05) is 82.3 Å². The van der Waals surface area contributed by atoms with E-state index in [1.165, 1.54) is 82.7 Å². The molecule has 2 atom stereocenters. The summed E-state index contributed by atoms with van der Waals surface area (Å²) in [5.41, 5.74) is 16.4. The molecule has 8 rings (SSSR count). The smallest absolute Gasteiger partial charge is 0.271 e. The summed E-state index contributed by atoms with van der Waals surface area (Å²) in [7, 11) is -3.06. The van der Waals surface area contributed by atoms with Crippen LogP contribution >= 0.6 is 7.94 Å². The van der Waals surface area contributed by atoms with Crippen LogP contribution in [-0.2, 0) is 6.42 Å². The highest BCUT2D eigenvalue weighted by Gasteiger charge is 2.54. The van der Waals surface area contributed by atoms with Gasteiger partial charge in [0, 0.05) is 23.1 Å². The van der Waals surface area contributed by atoms with Crippen LogP contribution in [0.1, 0.15) is 102 Å². The highest BCUT2D eigenvalue weighted by molar-refractivity contribution is 7.62. The van der Waals surface area contributed by atoms with Gasteiger partial charge in [0.2, 0.25) is 0 Å². The molecule has 2 heterocycles. The molecule has 2 aliphatic rings. The van der Waals surface area contributed by atoms with Gasteiger partial charge in [-0.2, -0.15) is 0 Å². The number of aryl methyl sites for hydroxylation is 3. The second-order valence-electron chi connectivity index (χ2n) is 15.6. The Labute approximate surface area is 310 Å². The maximum Gasteiger partial charge on any atom is 0.542 e. The van der Waals surface area contributed by atoms with E-state index in [1.807, 2.05) is 0 Å². The van der Waals surface area contributed by atoms with Crippen molar-refractivity contribution in [3.8, 4) is 39.5 Å². The Bertz CT molecular complexity index is 2320. The summed E-state index contributed by atoms with van der Waals surface area (Å²) in [5.74, 6) is 3.48. The third-order valence-corrected chi connectivity index (χ3v) is 14.8. The molecule has 0 aromatic heterocycles. The fraction of sp³-hybridized carbons (Fsp3) is 0.333. The van der Waals surface area contributed by atoms with Crippen molar-refractivity contribution in [2.24, 2.45) is 0 Å². The molecule has 0 saturated heterocycles. The van der Waals surface area contributed by atoms with Crippen LogP contribution in [0.5, 0.6) is 17.2 Å². The lowest BCUT2D eigenvalue weighted by Crippen LogP contribution is -2.22. The molecule has 0 radical (unpaired) electrons. The van der Waals surface area contributed by atoms with Crippen molar-refractivity contribution in [2.45, 2.75) is 100 Å². The average Bonchev–Trinajstić information content (AvgIpc) is 3.29. The zero-order valence-electron chi connectivity index (χ0n) is 32.6. The van der Waals surface area contributed by atoms with E-state index in [-0.39, 0.29) is 0 Å². The molecule has 0 N–H and O–H groups in total. The molecule has 0 aliphatic carbocycles. The minimum absolute atomic E-state index is 0.488. The van der Waals surface area contributed by atoms with Crippen LogP contribution in [0.4, 0.5) is 0 Å². The Morgan fingerprint density at radius 1 is 0.519 bits per heavy atom. The summed E-state index contributed by atoms with van der Waals surface area (Å²) in [5, 5.41) is 4.79. The molecule has 2 aliphatic heterocycles. The molecule has 1 spiro atoms. The number of hydrogen-bond donors (Lipinski definition) is 0. The van der Waals surface area contributed by atoms with Crippen LogP contribution in [0.2, 0.25) is 0 Å². The van der Waals surface area contributed by atoms with Gasteiger partial charge < -0.3 is 0 Å². The van der Waals surface area contributed by atoms with Gasteiger partial charge in [0.05, 0.1) is 0 Å². The molecular formula is C48H52O3P+. The second-order valence-corrected chi connectivity index (χ2v) is 17.8. The molecular weight excluding hydrogens is 655 g/mol. The van der Waals surface area contributed by atoms with E-state index in [1.54, 1.807) is 0 Å². The maximum absolute atomic E-state index is 7.38. The molecule has 0 fully saturated rings. The lowest BCUT2D eigenvalue weighted by molar-refractivity contribution is 0.359. The highest BCUT2D eigenvalue weighted by Crippen LogP contribution is 2.68. The van der Waals surface area contributed by atoms with Gasteiger partial charge in [-0.3, -0.25) is 13.6 Å². The van der Waals surface area contributed by atoms with Gasteiger partial charge in [-0.25, -0.2) is 0 Å². The van der Waals surface area contributed by atoms with E-state index in [0.29, 0.717) is 18.0 Å². The first-order valence-electron chi connectivity index (χ1n) is 19.2. The molecule has 6 aromatic carbocycles. The largest absolute Gasteiger partial charge is 0.542 e. The zero-order valence-corrected chi connectivity index (χ0v) is 33.5. The Morgan fingerprint density at radius 2 is 1.00 bits per heavy atom. The summed E-state index contributed by atoms with van der Waals surface area (Å²) >= 11 is 0. The van der Waals surface area contributed by atoms with Crippen LogP contribution < -0.4 is 13.6 Å². The second kappa shape index (κ2) is 13.0. The summed E-state index contributed by atoms with van der Waals surface area (Å²) in [4.78, 5) is 0. The van der Waals surface area contributed by atoms with Crippen molar-refractivity contribution in [2.75, 3.05) is 6.16 Å². The molecule has 0 bridgehead atoms. The first-order valence-corrected chi connectivity index (χ1v) is 21.0. The van der Waals surface area contributed by atoms with Crippen LogP contribution in [0.15, 0.2) is 72.8 Å². The monoisotopic (exact) mass is 707 g/mol. The Kier molecular flexibility index (Phi) is 8.66. The standard InChI is InChI=1S/C48H52O3P/c1-11-27(3)35-13-17-40-37(25-35)15-19-42-47(40)48-41-18-14-36(28(4)12-2)26-38(41)16-20-43(48)50-52(49-42)22-21-39-23-29(5)31(7)33(9)45(39)46-34(10)32(8)30(6)24-44(46)51-52/h13-20,23-28H,11-12,21-22H2,1-10H3/q+1. The fourth-order valence-electron chi connectivity index (χ4n) is 8.45. The average molecular weight is 708 g/mol. The third-order valence-electron chi connectivity index (χ3n) is 12.6. The zero-order chi connectivity index (χ0) is 36.6.